The highest BCUT2D eigenvalue weighted by Gasteiger charge is 2.14. The fourth-order valence-electron chi connectivity index (χ4n) is 2.68. The number of aryl methyl sites for hydroxylation is 3. The molecule has 0 unspecified atom stereocenters. The zero-order valence-electron chi connectivity index (χ0n) is 14.3. The van der Waals surface area contributed by atoms with Crippen molar-refractivity contribution in [2.24, 2.45) is 0 Å². The molecule has 1 aromatic heterocycles. The molecule has 3 aromatic rings. The Morgan fingerprint density at radius 1 is 1.12 bits per heavy atom. The van der Waals surface area contributed by atoms with E-state index in [-0.39, 0.29) is 5.75 Å². The fraction of sp³-hybridized carbons (Fsp3) is 0.263. The number of ether oxygens (including phenoxy) is 1. The van der Waals surface area contributed by atoms with Crippen LogP contribution in [0.1, 0.15) is 23.9 Å². The highest BCUT2D eigenvalue weighted by Crippen LogP contribution is 2.34. The molecule has 2 aromatic carbocycles. The van der Waals surface area contributed by atoms with Crippen LogP contribution in [-0.2, 0) is 6.42 Å². The maximum absolute atomic E-state index is 14.5. The highest BCUT2D eigenvalue weighted by atomic mass is 19.1. The number of fused-ring (bicyclic) bond motifs is 1. The standard InChI is InChI=1S/C19H20FN3O/c1-5-17-22-15-10-14(20)16(9-13(15)19(21-4)23-17)24-18-11(2)7-6-8-12(18)3/h6-10H,5H2,1-4H3,(H,21,22,23). The predicted octanol–water partition coefficient (Wildman–Crippen LogP) is 4.78. The van der Waals surface area contributed by atoms with E-state index in [0.717, 1.165) is 16.5 Å². The van der Waals surface area contributed by atoms with Gasteiger partial charge in [-0.25, -0.2) is 14.4 Å². The van der Waals surface area contributed by atoms with Gasteiger partial charge in [-0.3, -0.25) is 0 Å². The lowest BCUT2D eigenvalue weighted by atomic mass is 10.1. The minimum atomic E-state index is -0.437. The Bertz CT molecular complexity index is 888. The van der Waals surface area contributed by atoms with Crippen LogP contribution in [0.15, 0.2) is 30.3 Å². The molecule has 4 nitrogen and oxygen atoms in total. The fourth-order valence-corrected chi connectivity index (χ4v) is 2.68. The highest BCUT2D eigenvalue weighted by molar-refractivity contribution is 5.90. The molecule has 124 valence electrons. The Kier molecular flexibility index (Phi) is 4.34. The van der Waals surface area contributed by atoms with Gasteiger partial charge in [0.25, 0.3) is 0 Å². The first-order valence-electron chi connectivity index (χ1n) is 7.95. The van der Waals surface area contributed by atoms with E-state index in [2.05, 4.69) is 15.3 Å². The first kappa shape index (κ1) is 16.2. The molecule has 5 heteroatoms. The van der Waals surface area contributed by atoms with Crippen molar-refractivity contribution in [1.82, 2.24) is 9.97 Å². The van der Waals surface area contributed by atoms with Gasteiger partial charge < -0.3 is 10.1 Å². The van der Waals surface area contributed by atoms with E-state index < -0.39 is 5.82 Å². The van der Waals surface area contributed by atoms with Crippen LogP contribution in [0.25, 0.3) is 10.9 Å². The van der Waals surface area contributed by atoms with E-state index in [0.29, 0.717) is 29.3 Å². The molecule has 0 spiro atoms. The summed E-state index contributed by atoms with van der Waals surface area (Å²) in [4.78, 5) is 8.85. The van der Waals surface area contributed by atoms with Crippen LogP contribution in [-0.4, -0.2) is 17.0 Å². The number of halogens is 1. The number of hydrogen-bond acceptors (Lipinski definition) is 4. The molecule has 0 aliphatic carbocycles. The third kappa shape index (κ3) is 2.89. The number of rotatable bonds is 4. The van der Waals surface area contributed by atoms with Crippen LogP contribution >= 0.6 is 0 Å². The monoisotopic (exact) mass is 325 g/mol. The van der Waals surface area contributed by atoms with Gasteiger partial charge in [-0.05, 0) is 31.0 Å². The number of benzene rings is 2. The van der Waals surface area contributed by atoms with Crippen molar-refractivity contribution < 1.29 is 9.13 Å². The summed E-state index contributed by atoms with van der Waals surface area (Å²) >= 11 is 0. The molecule has 0 aliphatic rings. The van der Waals surface area contributed by atoms with Gasteiger partial charge in [-0.1, -0.05) is 25.1 Å². The second kappa shape index (κ2) is 6.43. The van der Waals surface area contributed by atoms with Gasteiger partial charge in [0.1, 0.15) is 17.4 Å². The molecule has 0 amide bonds. The van der Waals surface area contributed by atoms with Crippen LogP contribution in [0, 0.1) is 19.7 Å². The summed E-state index contributed by atoms with van der Waals surface area (Å²) in [5, 5.41) is 3.78. The summed E-state index contributed by atoms with van der Waals surface area (Å²) in [6.45, 7) is 5.85. The Balaban J connectivity index is 2.14. The smallest absolute Gasteiger partial charge is 0.167 e. The number of para-hydroxylation sites is 1. The van der Waals surface area contributed by atoms with Crippen molar-refractivity contribution in [3.63, 3.8) is 0 Å². The molecule has 0 saturated carbocycles. The molecule has 0 atom stereocenters. The Morgan fingerprint density at radius 3 is 2.46 bits per heavy atom. The Labute approximate surface area is 140 Å². The summed E-state index contributed by atoms with van der Waals surface area (Å²) in [6, 6.07) is 8.89. The Hall–Kier alpha value is -2.69. The number of hydrogen-bond donors (Lipinski definition) is 1. The SMILES string of the molecule is CCc1nc(NC)c2cc(Oc3c(C)cccc3C)c(F)cc2n1. The second-order valence-electron chi connectivity index (χ2n) is 5.71. The van der Waals surface area contributed by atoms with Crippen molar-refractivity contribution in [2.75, 3.05) is 12.4 Å². The van der Waals surface area contributed by atoms with E-state index in [1.165, 1.54) is 6.07 Å². The zero-order valence-corrected chi connectivity index (χ0v) is 14.3. The average Bonchev–Trinajstić information content (AvgIpc) is 2.57. The Morgan fingerprint density at radius 2 is 1.83 bits per heavy atom. The zero-order chi connectivity index (χ0) is 17.3. The van der Waals surface area contributed by atoms with Gasteiger partial charge in [0.05, 0.1) is 5.52 Å². The lowest BCUT2D eigenvalue weighted by Crippen LogP contribution is -2.02. The second-order valence-corrected chi connectivity index (χ2v) is 5.71. The number of nitrogens with one attached hydrogen (secondary N) is 1. The molecule has 0 aliphatic heterocycles. The molecule has 0 saturated heterocycles. The van der Waals surface area contributed by atoms with Crippen molar-refractivity contribution in [1.29, 1.82) is 0 Å². The largest absolute Gasteiger partial charge is 0.454 e. The molecule has 0 bridgehead atoms. The molecule has 3 rings (SSSR count). The van der Waals surface area contributed by atoms with Crippen LogP contribution < -0.4 is 10.1 Å². The normalized spacial score (nSPS) is 10.9. The van der Waals surface area contributed by atoms with Gasteiger partial charge >= 0.3 is 0 Å². The molecule has 1 heterocycles. The average molecular weight is 325 g/mol. The van der Waals surface area contributed by atoms with E-state index in [1.807, 2.05) is 39.0 Å². The maximum atomic E-state index is 14.5. The molecule has 24 heavy (non-hydrogen) atoms. The molecule has 0 fully saturated rings. The van der Waals surface area contributed by atoms with Crippen LogP contribution in [0.5, 0.6) is 11.5 Å². The maximum Gasteiger partial charge on any atom is 0.167 e. The van der Waals surface area contributed by atoms with E-state index >= 15 is 0 Å². The summed E-state index contributed by atoms with van der Waals surface area (Å²) < 4.78 is 20.4. The van der Waals surface area contributed by atoms with Gasteiger partial charge in [-0.2, -0.15) is 0 Å². The molecule has 1 N–H and O–H groups in total. The third-order valence-corrected chi connectivity index (χ3v) is 3.97. The van der Waals surface area contributed by atoms with Crippen LogP contribution in [0.4, 0.5) is 10.2 Å². The van der Waals surface area contributed by atoms with Crippen LogP contribution in [0.2, 0.25) is 0 Å². The summed E-state index contributed by atoms with van der Waals surface area (Å²) in [7, 11) is 1.79. The van der Waals surface area contributed by atoms with Gasteiger partial charge in [-0.15, -0.1) is 0 Å². The van der Waals surface area contributed by atoms with Crippen molar-refractivity contribution in [3.05, 3.63) is 53.1 Å². The molecular weight excluding hydrogens is 305 g/mol. The van der Waals surface area contributed by atoms with Crippen molar-refractivity contribution in [3.8, 4) is 11.5 Å². The lowest BCUT2D eigenvalue weighted by molar-refractivity contribution is 0.438. The topological polar surface area (TPSA) is 47.0 Å². The van der Waals surface area contributed by atoms with Gasteiger partial charge in [0, 0.05) is 24.9 Å². The number of aromatic nitrogens is 2. The lowest BCUT2D eigenvalue weighted by Gasteiger charge is -2.14. The summed E-state index contributed by atoms with van der Waals surface area (Å²) in [5.41, 5.74) is 2.49. The first-order chi connectivity index (χ1) is 11.5. The minimum Gasteiger partial charge on any atom is -0.454 e. The summed E-state index contributed by atoms with van der Waals surface area (Å²) in [5.74, 6) is 1.75. The molecule has 0 radical (unpaired) electrons. The minimum absolute atomic E-state index is 0.171. The van der Waals surface area contributed by atoms with E-state index in [4.69, 9.17) is 4.74 Å². The van der Waals surface area contributed by atoms with E-state index in [9.17, 15) is 4.39 Å². The molecular formula is C19H20FN3O. The first-order valence-corrected chi connectivity index (χ1v) is 7.95. The van der Waals surface area contributed by atoms with Crippen LogP contribution in [0.3, 0.4) is 0 Å². The quantitative estimate of drug-likeness (QED) is 0.750. The third-order valence-electron chi connectivity index (χ3n) is 3.97. The summed E-state index contributed by atoms with van der Waals surface area (Å²) in [6.07, 6.45) is 0.687. The van der Waals surface area contributed by atoms with Gasteiger partial charge in [0.2, 0.25) is 0 Å². The van der Waals surface area contributed by atoms with Crippen molar-refractivity contribution >= 4 is 16.7 Å². The van der Waals surface area contributed by atoms with Gasteiger partial charge in [0.15, 0.2) is 11.6 Å². The number of nitrogens with zero attached hydrogens (tertiary/aromatic N) is 2. The van der Waals surface area contributed by atoms with Crippen molar-refractivity contribution in [2.45, 2.75) is 27.2 Å². The number of anilines is 1. The predicted molar refractivity (Wildman–Crippen MR) is 94.4 cm³/mol. The van der Waals surface area contributed by atoms with E-state index in [1.54, 1.807) is 13.1 Å².